The van der Waals surface area contributed by atoms with Crippen molar-refractivity contribution >= 4 is 5.91 Å². The maximum Gasteiger partial charge on any atom is 0.232 e. The number of hydrogen-bond acceptors (Lipinski definition) is 6. The predicted octanol–water partition coefficient (Wildman–Crippen LogP) is 6.34. The lowest BCUT2D eigenvalue weighted by molar-refractivity contribution is -0.123. The molecule has 254 valence electrons. The summed E-state index contributed by atoms with van der Waals surface area (Å²) in [6, 6.07) is 27.2. The summed E-state index contributed by atoms with van der Waals surface area (Å²) in [4.78, 5) is 21.0. The molecule has 0 saturated carbocycles. The number of likely N-dealkylation sites (tertiary alicyclic amines) is 2. The third kappa shape index (κ3) is 8.37. The van der Waals surface area contributed by atoms with Crippen LogP contribution in [0.15, 0.2) is 78.9 Å². The Bertz CT molecular complexity index is 1340. The Hall–Kier alpha value is -3.39. The van der Waals surface area contributed by atoms with Crippen LogP contribution in [0.3, 0.4) is 0 Å². The molecule has 0 aromatic heterocycles. The first kappa shape index (κ1) is 34.9. The number of hydrogen-bond donors (Lipinski definition) is 1. The van der Waals surface area contributed by atoms with Crippen LogP contribution in [0.5, 0.6) is 11.5 Å². The molecule has 2 fully saturated rings. The van der Waals surface area contributed by atoms with Gasteiger partial charge in [0.25, 0.3) is 0 Å². The Morgan fingerprint density at radius 2 is 1.40 bits per heavy atom. The minimum Gasteiger partial charge on any atom is -0.493 e. The largest absolute Gasteiger partial charge is 0.493 e. The molecule has 7 nitrogen and oxygen atoms in total. The molecule has 0 unspecified atom stereocenters. The standard InChI is InChI=1S/C40H56N4O3/c1-42(36-23-28-44(29-24-36)30-32-16-15-21-37(46-2)38(32)47-3)25-13-5-4-6-14-26-43-27-22-35(31-43)40(39(41)45,33-17-9-7-10-18-33)34-19-11-8-12-20-34/h7-12,15-21,35-36H,4-6,13-14,22-31H2,1-3H3,(H2,41,45)/t35-/m1/s1. The van der Waals surface area contributed by atoms with Crippen LogP contribution in [0, 0.1) is 5.92 Å². The average Bonchev–Trinajstić information content (AvgIpc) is 3.58. The Morgan fingerprint density at radius 1 is 0.787 bits per heavy atom. The number of nitrogens with two attached hydrogens (primary N) is 1. The number of nitrogens with zero attached hydrogens (tertiary/aromatic N) is 3. The molecule has 2 aliphatic heterocycles. The number of rotatable bonds is 17. The fourth-order valence-corrected chi connectivity index (χ4v) is 8.16. The van der Waals surface area contributed by atoms with Gasteiger partial charge in [0.05, 0.1) is 14.2 Å². The zero-order valence-corrected chi connectivity index (χ0v) is 28.9. The normalized spacial score (nSPS) is 18.1. The molecule has 2 N–H and O–H groups in total. The van der Waals surface area contributed by atoms with E-state index < -0.39 is 5.41 Å². The van der Waals surface area contributed by atoms with E-state index in [4.69, 9.17) is 15.2 Å². The van der Waals surface area contributed by atoms with Crippen LogP contribution in [-0.2, 0) is 16.8 Å². The van der Waals surface area contributed by atoms with E-state index in [0.29, 0.717) is 6.04 Å². The van der Waals surface area contributed by atoms with Crippen LogP contribution in [-0.4, -0.2) is 87.2 Å². The number of primary amides is 1. The van der Waals surface area contributed by atoms with Crippen molar-refractivity contribution < 1.29 is 14.3 Å². The Kier molecular flexibility index (Phi) is 12.7. The Labute approximate surface area is 283 Å². The summed E-state index contributed by atoms with van der Waals surface area (Å²) in [5.74, 6) is 1.58. The van der Waals surface area contributed by atoms with Gasteiger partial charge in [0.2, 0.25) is 5.91 Å². The lowest BCUT2D eigenvalue weighted by Crippen LogP contribution is -2.49. The molecule has 1 atom stereocenters. The highest BCUT2D eigenvalue weighted by Gasteiger charge is 2.49. The lowest BCUT2D eigenvalue weighted by Gasteiger charge is -2.37. The summed E-state index contributed by atoms with van der Waals surface area (Å²) in [5, 5.41) is 0. The third-order valence-electron chi connectivity index (χ3n) is 10.8. The highest BCUT2D eigenvalue weighted by molar-refractivity contribution is 5.91. The topological polar surface area (TPSA) is 71.3 Å². The smallest absolute Gasteiger partial charge is 0.232 e. The van der Waals surface area contributed by atoms with Crippen molar-refractivity contribution in [3.8, 4) is 11.5 Å². The van der Waals surface area contributed by atoms with Gasteiger partial charge in [0.15, 0.2) is 11.5 Å². The van der Waals surface area contributed by atoms with Crippen molar-refractivity contribution in [3.63, 3.8) is 0 Å². The van der Waals surface area contributed by atoms with Gasteiger partial charge < -0.3 is 25.0 Å². The van der Waals surface area contributed by atoms with Crippen molar-refractivity contribution in [2.45, 2.75) is 69.4 Å². The fourth-order valence-electron chi connectivity index (χ4n) is 8.16. The van der Waals surface area contributed by atoms with Crippen molar-refractivity contribution in [1.82, 2.24) is 14.7 Å². The van der Waals surface area contributed by atoms with Gasteiger partial charge in [-0.15, -0.1) is 0 Å². The molecule has 2 heterocycles. The minimum atomic E-state index is -0.802. The molecule has 47 heavy (non-hydrogen) atoms. The summed E-state index contributed by atoms with van der Waals surface area (Å²) in [6.07, 6.45) is 9.70. The number of amides is 1. The van der Waals surface area contributed by atoms with Gasteiger partial charge in [0.1, 0.15) is 5.41 Å². The molecular formula is C40H56N4O3. The zero-order valence-electron chi connectivity index (χ0n) is 28.9. The first-order valence-electron chi connectivity index (χ1n) is 17.7. The molecule has 3 aromatic carbocycles. The van der Waals surface area contributed by atoms with Crippen LogP contribution in [0.2, 0.25) is 0 Å². The maximum atomic E-state index is 13.3. The second-order valence-corrected chi connectivity index (χ2v) is 13.6. The number of carbonyl (C=O) groups is 1. The van der Waals surface area contributed by atoms with Gasteiger partial charge in [0, 0.05) is 24.7 Å². The Morgan fingerprint density at radius 3 is 2.02 bits per heavy atom. The van der Waals surface area contributed by atoms with E-state index >= 15 is 0 Å². The van der Waals surface area contributed by atoms with Gasteiger partial charge in [-0.3, -0.25) is 9.69 Å². The van der Waals surface area contributed by atoms with Crippen molar-refractivity contribution in [1.29, 1.82) is 0 Å². The number of ether oxygens (including phenoxy) is 2. The molecule has 0 radical (unpaired) electrons. The molecular weight excluding hydrogens is 584 g/mol. The highest BCUT2D eigenvalue weighted by Crippen LogP contribution is 2.43. The summed E-state index contributed by atoms with van der Waals surface area (Å²) in [5.41, 5.74) is 8.69. The second kappa shape index (κ2) is 17.1. The number of piperidine rings is 1. The van der Waals surface area contributed by atoms with E-state index in [9.17, 15) is 4.79 Å². The molecule has 5 rings (SSSR count). The van der Waals surface area contributed by atoms with Crippen molar-refractivity contribution in [2.75, 3.05) is 60.5 Å². The van der Waals surface area contributed by atoms with E-state index in [-0.39, 0.29) is 11.8 Å². The number of unbranched alkanes of at least 4 members (excludes halogenated alkanes) is 4. The molecule has 0 aliphatic carbocycles. The number of methoxy groups -OCH3 is 2. The molecule has 1 amide bonds. The number of carbonyl (C=O) groups excluding carboxylic acids is 1. The molecule has 3 aromatic rings. The summed E-state index contributed by atoms with van der Waals surface area (Å²) >= 11 is 0. The highest BCUT2D eigenvalue weighted by atomic mass is 16.5. The van der Waals surface area contributed by atoms with Gasteiger partial charge in [-0.05, 0) is 95.0 Å². The van der Waals surface area contributed by atoms with Gasteiger partial charge in [-0.1, -0.05) is 92.1 Å². The SMILES string of the molecule is COc1cccc(CN2CCC(N(C)CCCCCCCN3CC[C@@H](C(C(N)=O)(c4ccccc4)c4ccccc4)C3)CC2)c1OC. The van der Waals surface area contributed by atoms with Gasteiger partial charge in [-0.2, -0.15) is 0 Å². The van der Waals surface area contributed by atoms with Crippen LogP contribution in [0.1, 0.15) is 68.1 Å². The first-order chi connectivity index (χ1) is 23.0. The number of benzene rings is 3. The van der Waals surface area contributed by atoms with Crippen LogP contribution in [0.25, 0.3) is 0 Å². The van der Waals surface area contributed by atoms with Crippen LogP contribution in [0.4, 0.5) is 0 Å². The van der Waals surface area contributed by atoms with E-state index in [0.717, 1.165) is 68.3 Å². The first-order valence-corrected chi connectivity index (χ1v) is 17.7. The molecule has 2 aliphatic rings. The van der Waals surface area contributed by atoms with Crippen LogP contribution < -0.4 is 15.2 Å². The van der Waals surface area contributed by atoms with Crippen molar-refractivity contribution in [2.24, 2.45) is 11.7 Å². The summed E-state index contributed by atoms with van der Waals surface area (Å²) in [6.45, 7) is 7.33. The quantitative estimate of drug-likeness (QED) is 0.174. The van der Waals surface area contributed by atoms with Gasteiger partial charge in [-0.25, -0.2) is 0 Å². The molecule has 0 bridgehead atoms. The van der Waals surface area contributed by atoms with E-state index in [1.54, 1.807) is 14.2 Å². The molecule has 7 heteroatoms. The Balaban J connectivity index is 0.999. The molecule has 0 spiro atoms. The van der Waals surface area contributed by atoms with Crippen molar-refractivity contribution in [3.05, 3.63) is 95.6 Å². The monoisotopic (exact) mass is 640 g/mol. The zero-order chi connectivity index (χ0) is 33.1. The summed E-state index contributed by atoms with van der Waals surface area (Å²) in [7, 11) is 5.73. The van der Waals surface area contributed by atoms with E-state index in [2.05, 4.69) is 52.1 Å². The maximum absolute atomic E-state index is 13.3. The predicted molar refractivity (Wildman–Crippen MR) is 191 cm³/mol. The molecule has 2 saturated heterocycles. The lowest BCUT2D eigenvalue weighted by atomic mass is 9.64. The van der Waals surface area contributed by atoms with E-state index in [1.165, 1.54) is 57.1 Å². The number of para-hydroxylation sites is 1. The average molecular weight is 641 g/mol. The second-order valence-electron chi connectivity index (χ2n) is 13.6. The minimum absolute atomic E-state index is 0.164. The summed E-state index contributed by atoms with van der Waals surface area (Å²) < 4.78 is 11.1. The van der Waals surface area contributed by atoms with Gasteiger partial charge >= 0.3 is 0 Å². The third-order valence-corrected chi connectivity index (χ3v) is 10.8. The van der Waals surface area contributed by atoms with E-state index in [1.807, 2.05) is 48.5 Å². The fraction of sp³-hybridized carbons (Fsp3) is 0.525. The van der Waals surface area contributed by atoms with Crippen LogP contribution >= 0.6 is 0 Å².